The van der Waals surface area contributed by atoms with Crippen molar-refractivity contribution in [3.63, 3.8) is 0 Å². The molecule has 0 N–H and O–H groups in total. The summed E-state index contributed by atoms with van der Waals surface area (Å²) in [5.41, 5.74) is -0.282. The fraction of sp³-hybridized carbons (Fsp3) is 0.692. The quantitative estimate of drug-likeness (QED) is 0.545. The Kier molecular flexibility index (Phi) is 3.22. The molecule has 2 fully saturated rings. The molecule has 1 heterocycles. The lowest BCUT2D eigenvalue weighted by Crippen LogP contribution is -2.51. The van der Waals surface area contributed by atoms with Crippen LogP contribution in [0.15, 0.2) is 12.2 Å². The van der Waals surface area contributed by atoms with Gasteiger partial charge in [-0.15, -0.1) is 0 Å². The predicted molar refractivity (Wildman–Crippen MR) is 61.2 cm³/mol. The van der Waals surface area contributed by atoms with Gasteiger partial charge >= 0.3 is 11.9 Å². The highest BCUT2D eigenvalue weighted by Crippen LogP contribution is 2.47. The zero-order valence-corrected chi connectivity index (χ0v) is 10.2. The first-order valence-corrected chi connectivity index (χ1v) is 6.16. The summed E-state index contributed by atoms with van der Waals surface area (Å²) in [6.45, 7) is 5.83. The molecule has 0 amide bonds. The Labute approximate surface area is 101 Å². The largest absolute Gasteiger partial charge is 0.465 e. The summed E-state index contributed by atoms with van der Waals surface area (Å²) in [5.74, 6) is -0.602. The minimum Gasteiger partial charge on any atom is -0.465 e. The van der Waals surface area contributed by atoms with Gasteiger partial charge in [-0.05, 0) is 32.6 Å². The molecule has 2 rings (SSSR count). The summed E-state index contributed by atoms with van der Waals surface area (Å²) in [4.78, 5) is 23.6. The van der Waals surface area contributed by atoms with Crippen LogP contribution in [-0.4, -0.2) is 24.6 Å². The molecule has 1 aliphatic heterocycles. The summed E-state index contributed by atoms with van der Waals surface area (Å²) in [5, 5.41) is 0. The van der Waals surface area contributed by atoms with Crippen molar-refractivity contribution in [3.8, 4) is 0 Å². The van der Waals surface area contributed by atoms with Crippen molar-refractivity contribution in [2.45, 2.75) is 45.1 Å². The van der Waals surface area contributed by atoms with E-state index in [0.29, 0.717) is 18.6 Å². The van der Waals surface area contributed by atoms with Gasteiger partial charge in [0.25, 0.3) is 0 Å². The second kappa shape index (κ2) is 4.51. The highest BCUT2D eigenvalue weighted by Gasteiger charge is 2.54. The molecular formula is C13H18O4. The monoisotopic (exact) mass is 238 g/mol. The van der Waals surface area contributed by atoms with Crippen molar-refractivity contribution >= 4 is 11.9 Å². The molecule has 94 valence electrons. The zero-order chi connectivity index (χ0) is 12.5. The lowest BCUT2D eigenvalue weighted by molar-refractivity contribution is -0.182. The Morgan fingerprint density at radius 2 is 2.35 bits per heavy atom. The molecular weight excluding hydrogens is 220 g/mol. The highest BCUT2D eigenvalue weighted by atomic mass is 16.6. The molecule has 0 aromatic rings. The van der Waals surface area contributed by atoms with E-state index in [1.54, 1.807) is 6.92 Å². The second-order valence-corrected chi connectivity index (χ2v) is 4.80. The van der Waals surface area contributed by atoms with Gasteiger partial charge in [-0.2, -0.15) is 0 Å². The molecule has 17 heavy (non-hydrogen) atoms. The van der Waals surface area contributed by atoms with Gasteiger partial charge in [-0.25, -0.2) is 4.79 Å². The van der Waals surface area contributed by atoms with E-state index in [0.717, 1.165) is 25.7 Å². The van der Waals surface area contributed by atoms with Crippen molar-refractivity contribution in [2.75, 3.05) is 6.61 Å². The normalized spacial score (nSPS) is 32.6. The predicted octanol–water partition coefficient (Wildman–Crippen LogP) is 1.98. The van der Waals surface area contributed by atoms with Crippen LogP contribution in [-0.2, 0) is 19.1 Å². The number of hydrogen-bond donors (Lipinski definition) is 0. The third-order valence-electron chi connectivity index (χ3n) is 3.70. The average molecular weight is 238 g/mol. The Bertz CT molecular complexity index is 360. The highest BCUT2D eigenvalue weighted by molar-refractivity contribution is 5.92. The maximum absolute atomic E-state index is 12.2. The Hall–Kier alpha value is -1.32. The van der Waals surface area contributed by atoms with Crippen LogP contribution in [0.3, 0.4) is 0 Å². The van der Waals surface area contributed by atoms with Crippen LogP contribution in [0.1, 0.15) is 39.0 Å². The van der Waals surface area contributed by atoms with Gasteiger partial charge in [-0.1, -0.05) is 13.0 Å². The van der Waals surface area contributed by atoms with E-state index in [9.17, 15) is 9.59 Å². The molecule has 0 aromatic carbocycles. The summed E-state index contributed by atoms with van der Waals surface area (Å²) in [6, 6.07) is 0. The third kappa shape index (κ3) is 1.96. The Morgan fingerprint density at radius 1 is 1.59 bits per heavy atom. The van der Waals surface area contributed by atoms with Crippen LogP contribution >= 0.6 is 0 Å². The molecule has 2 atom stereocenters. The first-order valence-electron chi connectivity index (χ1n) is 6.16. The van der Waals surface area contributed by atoms with Crippen molar-refractivity contribution in [2.24, 2.45) is 5.41 Å². The smallest absolute Gasteiger partial charge is 0.333 e. The molecule has 0 bridgehead atoms. The SMILES string of the molecule is C=C1CC2(C(=O)OCC)CCCCC2OC1=O. The van der Waals surface area contributed by atoms with Gasteiger partial charge in [0, 0.05) is 5.57 Å². The van der Waals surface area contributed by atoms with E-state index < -0.39 is 5.41 Å². The van der Waals surface area contributed by atoms with Crippen molar-refractivity contribution in [3.05, 3.63) is 12.2 Å². The molecule has 4 heteroatoms. The van der Waals surface area contributed by atoms with Crippen molar-refractivity contribution < 1.29 is 19.1 Å². The molecule has 2 aliphatic rings. The van der Waals surface area contributed by atoms with Gasteiger partial charge in [0.1, 0.15) is 11.5 Å². The summed E-state index contributed by atoms with van der Waals surface area (Å²) in [7, 11) is 0. The minimum atomic E-state index is -0.667. The van der Waals surface area contributed by atoms with Crippen LogP contribution in [0.25, 0.3) is 0 Å². The standard InChI is InChI=1S/C13H18O4/c1-3-16-12(15)13-7-5-4-6-10(13)17-11(14)9(2)8-13/h10H,2-8H2,1H3. The second-order valence-electron chi connectivity index (χ2n) is 4.80. The van der Waals surface area contributed by atoms with E-state index in [-0.39, 0.29) is 18.0 Å². The first kappa shape index (κ1) is 12.1. The maximum atomic E-state index is 12.2. The van der Waals surface area contributed by atoms with Crippen LogP contribution in [0, 0.1) is 5.41 Å². The van der Waals surface area contributed by atoms with Crippen LogP contribution in [0.5, 0.6) is 0 Å². The number of esters is 2. The van der Waals surface area contributed by atoms with Crippen LogP contribution in [0.4, 0.5) is 0 Å². The fourth-order valence-electron chi connectivity index (χ4n) is 2.83. The molecule has 1 saturated heterocycles. The van der Waals surface area contributed by atoms with Gasteiger partial charge in [0.05, 0.1) is 6.61 Å². The van der Waals surface area contributed by atoms with Crippen molar-refractivity contribution in [1.82, 2.24) is 0 Å². The van der Waals surface area contributed by atoms with Crippen LogP contribution in [0.2, 0.25) is 0 Å². The zero-order valence-electron chi connectivity index (χ0n) is 10.2. The van der Waals surface area contributed by atoms with Gasteiger partial charge in [0.15, 0.2) is 0 Å². The lowest BCUT2D eigenvalue weighted by atomic mass is 9.67. The average Bonchev–Trinajstić information content (AvgIpc) is 2.31. The molecule has 0 aromatic heterocycles. The van der Waals surface area contributed by atoms with E-state index in [2.05, 4.69) is 6.58 Å². The third-order valence-corrected chi connectivity index (χ3v) is 3.70. The van der Waals surface area contributed by atoms with Crippen molar-refractivity contribution in [1.29, 1.82) is 0 Å². The van der Waals surface area contributed by atoms with Gasteiger partial charge in [-0.3, -0.25) is 4.79 Å². The van der Waals surface area contributed by atoms with E-state index >= 15 is 0 Å². The molecule has 1 aliphatic carbocycles. The van der Waals surface area contributed by atoms with Gasteiger partial charge in [0.2, 0.25) is 0 Å². The fourth-order valence-corrected chi connectivity index (χ4v) is 2.83. The number of rotatable bonds is 2. The molecule has 0 radical (unpaired) electrons. The maximum Gasteiger partial charge on any atom is 0.333 e. The Balaban J connectivity index is 2.27. The Morgan fingerprint density at radius 3 is 3.06 bits per heavy atom. The van der Waals surface area contributed by atoms with Gasteiger partial charge < -0.3 is 9.47 Å². The molecule has 1 saturated carbocycles. The summed E-state index contributed by atoms with van der Waals surface area (Å²) < 4.78 is 10.5. The number of fused-ring (bicyclic) bond motifs is 1. The summed E-state index contributed by atoms with van der Waals surface area (Å²) >= 11 is 0. The number of hydrogen-bond acceptors (Lipinski definition) is 4. The van der Waals surface area contributed by atoms with E-state index in [1.807, 2.05) is 0 Å². The lowest BCUT2D eigenvalue weighted by Gasteiger charge is -2.44. The first-order chi connectivity index (χ1) is 8.10. The molecule has 2 unspecified atom stereocenters. The summed E-state index contributed by atoms with van der Waals surface area (Å²) in [6.07, 6.45) is 3.50. The number of carbonyl (C=O) groups is 2. The number of ether oxygens (including phenoxy) is 2. The molecule has 4 nitrogen and oxygen atoms in total. The van der Waals surface area contributed by atoms with Crippen LogP contribution < -0.4 is 0 Å². The number of carbonyl (C=O) groups excluding carboxylic acids is 2. The van der Waals surface area contributed by atoms with E-state index in [4.69, 9.17) is 9.47 Å². The topological polar surface area (TPSA) is 52.6 Å². The minimum absolute atomic E-state index is 0.238. The van der Waals surface area contributed by atoms with E-state index in [1.165, 1.54) is 0 Å². The molecule has 0 spiro atoms.